The molecule has 3 nitrogen and oxygen atoms in total. The Kier molecular flexibility index (Phi) is 2.37. The average Bonchev–Trinajstić information content (AvgIpc) is 2.29. The third-order valence-corrected chi connectivity index (χ3v) is 2.38. The molecule has 1 N–H and O–H groups in total. The van der Waals surface area contributed by atoms with Gasteiger partial charge in [-0.15, -0.1) is 0 Å². The van der Waals surface area contributed by atoms with Crippen LogP contribution in [0.4, 0.5) is 0 Å². The topological polar surface area (TPSA) is 50.2 Å². The predicted octanol–water partition coefficient (Wildman–Crippen LogP) is 2.53. The molecule has 0 aliphatic heterocycles. The van der Waals surface area contributed by atoms with Crippen LogP contribution in [0.5, 0.6) is 5.75 Å². The van der Waals surface area contributed by atoms with Crippen LogP contribution >= 0.6 is 0 Å². The number of nitrogens with zero attached hydrogens (tertiary/aromatic N) is 1. The van der Waals surface area contributed by atoms with Gasteiger partial charge in [0.15, 0.2) is 5.78 Å². The summed E-state index contributed by atoms with van der Waals surface area (Å²) in [5.41, 5.74) is 1.07. The number of hydrogen-bond acceptors (Lipinski definition) is 3. The molecule has 1 aromatic heterocycles. The van der Waals surface area contributed by atoms with Gasteiger partial charge >= 0.3 is 0 Å². The third kappa shape index (κ3) is 1.56. The fourth-order valence-electron chi connectivity index (χ4n) is 1.55. The predicted molar refractivity (Wildman–Crippen MR) is 58.0 cm³/mol. The first-order valence-corrected chi connectivity index (χ1v) is 4.84. The van der Waals surface area contributed by atoms with Crippen LogP contribution in [0.25, 0.3) is 10.9 Å². The quantitative estimate of drug-likeness (QED) is 0.759. The van der Waals surface area contributed by atoms with Crippen LogP contribution in [0, 0.1) is 0 Å². The monoisotopic (exact) mass is 201 g/mol. The van der Waals surface area contributed by atoms with Crippen LogP contribution < -0.4 is 0 Å². The molecule has 15 heavy (non-hydrogen) atoms. The number of benzene rings is 1. The first-order chi connectivity index (χ1) is 7.24. The van der Waals surface area contributed by atoms with Crippen molar-refractivity contribution >= 4 is 16.7 Å². The molecule has 2 rings (SSSR count). The largest absolute Gasteiger partial charge is 0.506 e. The van der Waals surface area contributed by atoms with E-state index in [0.717, 1.165) is 0 Å². The van der Waals surface area contributed by atoms with E-state index >= 15 is 0 Å². The highest BCUT2D eigenvalue weighted by atomic mass is 16.3. The van der Waals surface area contributed by atoms with Gasteiger partial charge in [0, 0.05) is 18.0 Å². The number of carbonyl (C=O) groups excluding carboxylic acids is 1. The van der Waals surface area contributed by atoms with Gasteiger partial charge in [-0.1, -0.05) is 6.92 Å². The van der Waals surface area contributed by atoms with E-state index in [4.69, 9.17) is 0 Å². The van der Waals surface area contributed by atoms with Crippen molar-refractivity contribution in [3.63, 3.8) is 0 Å². The molecule has 0 aliphatic rings. The molecule has 0 fully saturated rings. The number of hydrogen-bond donors (Lipinski definition) is 1. The number of aromatic nitrogens is 1. The van der Waals surface area contributed by atoms with Gasteiger partial charge in [-0.25, -0.2) is 0 Å². The number of pyridine rings is 1. The molecule has 1 heterocycles. The molecule has 0 bridgehead atoms. The Balaban J connectivity index is 2.70. The first-order valence-electron chi connectivity index (χ1n) is 4.84. The van der Waals surface area contributed by atoms with Crippen molar-refractivity contribution in [1.82, 2.24) is 4.98 Å². The maximum absolute atomic E-state index is 11.5. The third-order valence-electron chi connectivity index (χ3n) is 2.38. The lowest BCUT2D eigenvalue weighted by atomic mass is 10.0. The summed E-state index contributed by atoms with van der Waals surface area (Å²) in [5.74, 6) is -0.0225. The number of fused-ring (bicyclic) bond motifs is 1. The first kappa shape index (κ1) is 9.65. The molecule has 0 unspecified atom stereocenters. The average molecular weight is 201 g/mol. The molecular formula is C12H11NO2. The molecular weight excluding hydrogens is 190 g/mol. The molecule has 0 radical (unpaired) electrons. The van der Waals surface area contributed by atoms with Crippen molar-refractivity contribution in [3.8, 4) is 5.75 Å². The smallest absolute Gasteiger partial charge is 0.166 e. The van der Waals surface area contributed by atoms with Gasteiger partial charge in [-0.05, 0) is 24.3 Å². The summed E-state index contributed by atoms with van der Waals surface area (Å²) >= 11 is 0. The summed E-state index contributed by atoms with van der Waals surface area (Å²) in [5, 5.41) is 10.5. The van der Waals surface area contributed by atoms with Crippen LogP contribution in [0.15, 0.2) is 30.5 Å². The van der Waals surface area contributed by atoms with E-state index in [0.29, 0.717) is 22.9 Å². The molecule has 1 aromatic carbocycles. The zero-order chi connectivity index (χ0) is 10.8. The summed E-state index contributed by atoms with van der Waals surface area (Å²) in [6, 6.07) is 6.86. The van der Waals surface area contributed by atoms with Crippen LogP contribution in [0.2, 0.25) is 0 Å². The SMILES string of the molecule is CCC(=O)c1ccc2ncccc2c1O. The Labute approximate surface area is 87.4 Å². The summed E-state index contributed by atoms with van der Waals surface area (Å²) in [6.45, 7) is 1.77. The van der Waals surface area contributed by atoms with E-state index in [1.807, 2.05) is 0 Å². The number of phenols is 1. The molecule has 0 amide bonds. The van der Waals surface area contributed by atoms with Gasteiger partial charge in [-0.3, -0.25) is 9.78 Å². The molecule has 0 spiro atoms. The molecule has 76 valence electrons. The Bertz CT molecular complexity index is 520. The Morgan fingerprint density at radius 3 is 2.93 bits per heavy atom. The number of rotatable bonds is 2. The number of Topliss-reactive ketones (excluding diaryl/α,β-unsaturated/α-hetero) is 1. The standard InChI is InChI=1S/C12H11NO2/c1-2-11(14)9-5-6-10-8(12(9)15)4-3-7-13-10/h3-7,15H,2H2,1H3. The van der Waals surface area contributed by atoms with E-state index in [1.54, 1.807) is 37.4 Å². The number of phenolic OH excluding ortho intramolecular Hbond substituents is 1. The van der Waals surface area contributed by atoms with Crippen molar-refractivity contribution in [3.05, 3.63) is 36.0 Å². The van der Waals surface area contributed by atoms with E-state index in [1.165, 1.54) is 0 Å². The lowest BCUT2D eigenvalue weighted by molar-refractivity contribution is 0.0986. The van der Waals surface area contributed by atoms with Gasteiger partial charge in [0.2, 0.25) is 0 Å². The van der Waals surface area contributed by atoms with Crippen molar-refractivity contribution in [2.75, 3.05) is 0 Å². The molecule has 0 aliphatic carbocycles. The van der Waals surface area contributed by atoms with E-state index in [9.17, 15) is 9.90 Å². The second kappa shape index (κ2) is 3.69. The second-order valence-corrected chi connectivity index (χ2v) is 3.31. The fraction of sp³-hybridized carbons (Fsp3) is 0.167. The lowest BCUT2D eigenvalue weighted by Crippen LogP contribution is -1.97. The van der Waals surface area contributed by atoms with Gasteiger partial charge in [-0.2, -0.15) is 0 Å². The zero-order valence-corrected chi connectivity index (χ0v) is 8.40. The summed E-state index contributed by atoms with van der Waals surface area (Å²) in [4.78, 5) is 15.6. The molecule has 0 saturated heterocycles. The Hall–Kier alpha value is -1.90. The van der Waals surface area contributed by atoms with Crippen molar-refractivity contribution in [2.24, 2.45) is 0 Å². The van der Waals surface area contributed by atoms with Crippen LogP contribution in [0.3, 0.4) is 0 Å². The Morgan fingerprint density at radius 2 is 2.20 bits per heavy atom. The zero-order valence-electron chi connectivity index (χ0n) is 8.40. The maximum atomic E-state index is 11.5. The molecule has 0 atom stereocenters. The normalized spacial score (nSPS) is 10.5. The minimum atomic E-state index is -0.0572. The fourth-order valence-corrected chi connectivity index (χ4v) is 1.55. The number of carbonyl (C=O) groups is 1. The number of aromatic hydroxyl groups is 1. The molecule has 0 saturated carbocycles. The lowest BCUT2D eigenvalue weighted by Gasteiger charge is -2.05. The van der Waals surface area contributed by atoms with Crippen LogP contribution in [-0.4, -0.2) is 15.9 Å². The minimum absolute atomic E-state index is 0.0347. The highest BCUT2D eigenvalue weighted by molar-refractivity contribution is 6.03. The maximum Gasteiger partial charge on any atom is 0.166 e. The van der Waals surface area contributed by atoms with Gasteiger partial charge < -0.3 is 5.11 Å². The number of ketones is 1. The van der Waals surface area contributed by atoms with Gasteiger partial charge in [0.25, 0.3) is 0 Å². The Morgan fingerprint density at radius 1 is 1.40 bits per heavy atom. The second-order valence-electron chi connectivity index (χ2n) is 3.31. The van der Waals surface area contributed by atoms with Gasteiger partial charge in [0.1, 0.15) is 5.75 Å². The van der Waals surface area contributed by atoms with E-state index in [-0.39, 0.29) is 11.5 Å². The minimum Gasteiger partial charge on any atom is -0.506 e. The summed E-state index contributed by atoms with van der Waals surface area (Å²) in [6.07, 6.45) is 2.04. The van der Waals surface area contributed by atoms with Crippen molar-refractivity contribution in [1.29, 1.82) is 0 Å². The summed E-state index contributed by atoms with van der Waals surface area (Å²) in [7, 11) is 0. The van der Waals surface area contributed by atoms with Crippen LogP contribution in [-0.2, 0) is 0 Å². The van der Waals surface area contributed by atoms with Gasteiger partial charge in [0.05, 0.1) is 11.1 Å². The van der Waals surface area contributed by atoms with Crippen molar-refractivity contribution < 1.29 is 9.90 Å². The molecule has 3 heteroatoms. The highest BCUT2D eigenvalue weighted by Crippen LogP contribution is 2.27. The van der Waals surface area contributed by atoms with E-state index < -0.39 is 0 Å². The molecule has 2 aromatic rings. The van der Waals surface area contributed by atoms with E-state index in [2.05, 4.69) is 4.98 Å². The highest BCUT2D eigenvalue weighted by Gasteiger charge is 2.11. The van der Waals surface area contributed by atoms with Crippen LogP contribution in [0.1, 0.15) is 23.7 Å². The summed E-state index contributed by atoms with van der Waals surface area (Å²) < 4.78 is 0. The van der Waals surface area contributed by atoms with Crippen molar-refractivity contribution in [2.45, 2.75) is 13.3 Å².